The predicted octanol–water partition coefficient (Wildman–Crippen LogP) is 3.27. The lowest BCUT2D eigenvalue weighted by atomic mass is 10.1. The van der Waals surface area contributed by atoms with Crippen LogP contribution in [-0.2, 0) is 14.3 Å². The average molecular weight is 411 g/mol. The molecule has 156 valence electrons. The highest BCUT2D eigenvalue weighted by Gasteiger charge is 2.33. The number of hydrogen-bond acceptors (Lipinski definition) is 7. The molecule has 0 N–H and O–H groups in total. The Balaban J connectivity index is 1.53. The molecule has 8 heteroatoms. The van der Waals surface area contributed by atoms with Crippen LogP contribution in [0.4, 0.5) is 0 Å². The Hall–Kier alpha value is -1.51. The first-order valence-electron chi connectivity index (χ1n) is 10.3. The minimum absolute atomic E-state index is 0.109. The van der Waals surface area contributed by atoms with Crippen molar-refractivity contribution in [2.75, 3.05) is 46.7 Å². The maximum atomic E-state index is 12.2. The highest BCUT2D eigenvalue weighted by molar-refractivity contribution is 6.99. The molecular formula is C20H32N3O4S+. The molecule has 0 bridgehead atoms. The lowest BCUT2D eigenvalue weighted by molar-refractivity contribution is -0.919. The summed E-state index contributed by atoms with van der Waals surface area (Å²) in [6.07, 6.45) is 8.56. The van der Waals surface area contributed by atoms with Gasteiger partial charge in [0, 0.05) is 18.6 Å². The number of hydrogen-bond donors (Lipinski definition) is 0. The van der Waals surface area contributed by atoms with E-state index in [1.54, 1.807) is 0 Å². The fourth-order valence-electron chi connectivity index (χ4n) is 3.61. The number of likely N-dealkylation sites (N-methyl/N-ethyl adjacent to an activating group) is 1. The summed E-state index contributed by atoms with van der Waals surface area (Å²) in [5.74, 6) is 0.391. The van der Waals surface area contributed by atoms with E-state index in [2.05, 4.69) is 28.8 Å². The summed E-state index contributed by atoms with van der Waals surface area (Å²) in [6.45, 7) is 6.08. The van der Waals surface area contributed by atoms with Crippen molar-refractivity contribution in [1.29, 1.82) is 0 Å². The summed E-state index contributed by atoms with van der Waals surface area (Å²) in [5, 5.41) is 0. The molecule has 2 atom stereocenters. The second-order valence-corrected chi connectivity index (χ2v) is 8.53. The number of ether oxygens (including phenoxy) is 3. The van der Waals surface area contributed by atoms with E-state index in [0.29, 0.717) is 36.9 Å². The molecule has 1 unspecified atom stereocenters. The normalized spacial score (nSPS) is 24.8. The van der Waals surface area contributed by atoms with Crippen LogP contribution in [0.15, 0.2) is 6.08 Å². The van der Waals surface area contributed by atoms with Crippen LogP contribution < -0.4 is 4.74 Å². The van der Waals surface area contributed by atoms with Gasteiger partial charge in [-0.15, -0.1) is 4.37 Å². The van der Waals surface area contributed by atoms with Crippen molar-refractivity contribution in [3.63, 3.8) is 0 Å². The molecule has 0 spiro atoms. The zero-order valence-electron chi connectivity index (χ0n) is 17.0. The first-order valence-corrected chi connectivity index (χ1v) is 11.1. The number of aromatic nitrogens is 2. The van der Waals surface area contributed by atoms with Gasteiger partial charge < -0.3 is 14.2 Å². The molecule has 0 aliphatic carbocycles. The lowest BCUT2D eigenvalue weighted by Gasteiger charge is -2.36. The smallest absolute Gasteiger partial charge is 0.315 e. The fraction of sp³-hybridized carbons (Fsp3) is 0.750. The third-order valence-electron chi connectivity index (χ3n) is 5.39. The highest BCUT2D eigenvalue weighted by Crippen LogP contribution is 2.30. The van der Waals surface area contributed by atoms with Crippen molar-refractivity contribution in [3.8, 4) is 5.88 Å². The van der Waals surface area contributed by atoms with Crippen LogP contribution in [0.5, 0.6) is 5.88 Å². The Kier molecular flexibility index (Phi) is 7.82. The van der Waals surface area contributed by atoms with Gasteiger partial charge in [-0.25, -0.2) is 0 Å². The third-order valence-corrected chi connectivity index (χ3v) is 5.90. The van der Waals surface area contributed by atoms with Gasteiger partial charge in [-0.3, -0.25) is 9.28 Å². The van der Waals surface area contributed by atoms with Crippen molar-refractivity contribution in [1.82, 2.24) is 8.75 Å². The molecule has 1 saturated heterocycles. The Labute approximate surface area is 171 Å². The summed E-state index contributed by atoms with van der Waals surface area (Å²) in [6, 6.07) is 0. The number of esters is 1. The molecule has 1 aromatic rings. The zero-order valence-corrected chi connectivity index (χ0v) is 17.8. The minimum Gasteiger partial charge on any atom is -0.475 e. The van der Waals surface area contributed by atoms with E-state index >= 15 is 0 Å². The molecule has 0 amide bonds. The fourth-order valence-corrected chi connectivity index (χ4v) is 4.14. The van der Waals surface area contributed by atoms with Gasteiger partial charge in [-0.05, 0) is 12.8 Å². The van der Waals surface area contributed by atoms with E-state index in [4.69, 9.17) is 14.2 Å². The predicted molar refractivity (Wildman–Crippen MR) is 108 cm³/mol. The topological polar surface area (TPSA) is 70.5 Å². The van der Waals surface area contributed by atoms with Gasteiger partial charge in [-0.2, -0.15) is 4.37 Å². The molecule has 2 aliphatic rings. The number of nitrogens with zero attached hydrogens (tertiary/aromatic N) is 3. The Morgan fingerprint density at radius 2 is 2.25 bits per heavy atom. The van der Waals surface area contributed by atoms with Gasteiger partial charge in [0.2, 0.25) is 6.73 Å². The molecular weight excluding hydrogens is 378 g/mol. The van der Waals surface area contributed by atoms with E-state index in [-0.39, 0.29) is 11.9 Å². The largest absolute Gasteiger partial charge is 0.475 e. The number of carbonyl (C=O) groups is 1. The second kappa shape index (κ2) is 10.3. The van der Waals surface area contributed by atoms with Crippen molar-refractivity contribution in [3.05, 3.63) is 11.8 Å². The van der Waals surface area contributed by atoms with Gasteiger partial charge in [0.25, 0.3) is 5.88 Å². The summed E-state index contributed by atoms with van der Waals surface area (Å²) in [7, 11) is 2.12. The number of unbranched alkanes of at least 4 members (excludes halogenated alkanes) is 3. The van der Waals surface area contributed by atoms with Crippen LogP contribution >= 0.6 is 11.7 Å². The molecule has 1 fully saturated rings. The van der Waals surface area contributed by atoms with Crippen molar-refractivity contribution in [2.45, 2.75) is 45.4 Å². The standard InChI is InChI=1S/C20H32N3O4S/c1-3-4-5-6-11-26-19-18(21-28-22-19)16-8-7-10-23(2,13-16)15-27-20(24)17-9-12-25-14-17/h8,17H,3-7,9-15H2,1-2H3/q+1/t17-,23?/m1/s1. The van der Waals surface area contributed by atoms with E-state index in [1.165, 1.54) is 31.0 Å². The Morgan fingerprint density at radius 1 is 1.36 bits per heavy atom. The first kappa shape index (κ1) is 21.2. The van der Waals surface area contributed by atoms with E-state index in [1.807, 2.05) is 0 Å². The van der Waals surface area contributed by atoms with Gasteiger partial charge in [-0.1, -0.05) is 32.3 Å². The lowest BCUT2D eigenvalue weighted by Crippen LogP contribution is -2.49. The molecule has 3 heterocycles. The molecule has 3 rings (SSSR count). The molecule has 0 saturated carbocycles. The SMILES string of the molecule is CCCCCCOc1nsnc1C1=CCC[N+](C)(COC(=O)[C@@H]2CCOC2)C1. The molecule has 0 radical (unpaired) electrons. The molecule has 2 aliphatic heterocycles. The molecule has 7 nitrogen and oxygen atoms in total. The van der Waals surface area contributed by atoms with Crippen molar-refractivity contribution < 1.29 is 23.5 Å². The van der Waals surface area contributed by atoms with Gasteiger partial charge in [0.15, 0.2) is 0 Å². The molecule has 1 aromatic heterocycles. The van der Waals surface area contributed by atoms with E-state index < -0.39 is 0 Å². The number of quaternary nitrogens is 1. The van der Waals surface area contributed by atoms with Gasteiger partial charge >= 0.3 is 5.97 Å². The maximum absolute atomic E-state index is 12.2. The maximum Gasteiger partial charge on any atom is 0.315 e. The van der Waals surface area contributed by atoms with Crippen LogP contribution in [0.2, 0.25) is 0 Å². The second-order valence-electron chi connectivity index (χ2n) is 8.00. The van der Waals surface area contributed by atoms with Crippen LogP contribution in [0.3, 0.4) is 0 Å². The average Bonchev–Trinajstić information content (AvgIpc) is 3.38. The highest BCUT2D eigenvalue weighted by atomic mass is 32.1. The van der Waals surface area contributed by atoms with Gasteiger partial charge in [0.1, 0.15) is 12.2 Å². The third kappa shape index (κ3) is 5.75. The van der Waals surface area contributed by atoms with E-state index in [0.717, 1.165) is 43.6 Å². The van der Waals surface area contributed by atoms with E-state index in [9.17, 15) is 4.79 Å². The van der Waals surface area contributed by atoms with Crippen LogP contribution in [0.1, 0.15) is 51.1 Å². The van der Waals surface area contributed by atoms with Crippen LogP contribution in [0.25, 0.3) is 5.57 Å². The van der Waals surface area contributed by atoms with Crippen molar-refractivity contribution in [2.24, 2.45) is 5.92 Å². The molecule has 28 heavy (non-hydrogen) atoms. The van der Waals surface area contributed by atoms with Crippen LogP contribution in [-0.4, -0.2) is 65.9 Å². The quantitative estimate of drug-likeness (QED) is 0.335. The molecule has 0 aromatic carbocycles. The summed E-state index contributed by atoms with van der Waals surface area (Å²) >= 11 is 1.19. The minimum atomic E-state index is -0.139. The Bertz CT molecular complexity index is 672. The summed E-state index contributed by atoms with van der Waals surface area (Å²) < 4.78 is 26.3. The summed E-state index contributed by atoms with van der Waals surface area (Å²) in [4.78, 5) is 12.2. The first-order chi connectivity index (χ1) is 13.6. The number of rotatable bonds is 10. The number of carbonyl (C=O) groups excluding carboxylic acids is 1. The zero-order chi connectivity index (χ0) is 19.8. The van der Waals surface area contributed by atoms with Gasteiger partial charge in [0.05, 0.1) is 44.5 Å². The monoisotopic (exact) mass is 410 g/mol. The summed E-state index contributed by atoms with van der Waals surface area (Å²) in [5.41, 5.74) is 1.98. The Morgan fingerprint density at radius 3 is 3.04 bits per heavy atom. The van der Waals surface area contributed by atoms with Crippen molar-refractivity contribution >= 4 is 23.3 Å². The van der Waals surface area contributed by atoms with Crippen LogP contribution in [0, 0.1) is 5.92 Å².